The Kier molecular flexibility index (Phi) is 4.37. The molecular weight excluding hydrogens is 288 g/mol. The van der Waals surface area contributed by atoms with E-state index in [2.05, 4.69) is 42.2 Å². The largest absolute Gasteiger partial charge is 0.444 e. The number of nitrogens with zero attached hydrogens (tertiary/aromatic N) is 2. The molecule has 126 valence electrons. The number of fused-ring (bicyclic) bond motifs is 1. The first-order valence-corrected chi connectivity index (χ1v) is 8.64. The summed E-state index contributed by atoms with van der Waals surface area (Å²) in [6, 6.07) is 11.7. The van der Waals surface area contributed by atoms with Crippen LogP contribution in [0, 0.1) is 5.92 Å². The molecular formula is C19H28N2O2. The molecule has 0 N–H and O–H groups in total. The van der Waals surface area contributed by atoms with E-state index in [1.165, 1.54) is 5.56 Å². The van der Waals surface area contributed by atoms with E-state index in [9.17, 15) is 4.79 Å². The minimum atomic E-state index is -0.415. The van der Waals surface area contributed by atoms with Crippen LogP contribution >= 0.6 is 0 Å². The predicted molar refractivity (Wildman–Crippen MR) is 91.3 cm³/mol. The van der Waals surface area contributed by atoms with Crippen molar-refractivity contribution in [2.24, 2.45) is 5.92 Å². The van der Waals surface area contributed by atoms with Crippen molar-refractivity contribution in [3.8, 4) is 0 Å². The van der Waals surface area contributed by atoms with Gasteiger partial charge in [0.25, 0.3) is 0 Å². The SMILES string of the molecule is C[C@H](c1ccccc1)N1C[C@@H]2CN(C(=O)OC(C)(C)C)CC[C@H]21. The molecule has 0 radical (unpaired) electrons. The number of carbonyl (C=O) groups is 1. The maximum absolute atomic E-state index is 12.2. The van der Waals surface area contributed by atoms with Crippen LogP contribution in [0.3, 0.4) is 0 Å². The average molecular weight is 316 g/mol. The van der Waals surface area contributed by atoms with E-state index >= 15 is 0 Å². The zero-order chi connectivity index (χ0) is 16.6. The molecule has 3 atom stereocenters. The number of amides is 1. The number of likely N-dealkylation sites (tertiary alicyclic amines) is 2. The van der Waals surface area contributed by atoms with Crippen LogP contribution in [-0.4, -0.2) is 47.2 Å². The van der Waals surface area contributed by atoms with E-state index in [1.54, 1.807) is 0 Å². The summed E-state index contributed by atoms with van der Waals surface area (Å²) in [4.78, 5) is 16.7. The summed E-state index contributed by atoms with van der Waals surface area (Å²) in [5, 5.41) is 0. The van der Waals surface area contributed by atoms with Crippen molar-refractivity contribution < 1.29 is 9.53 Å². The quantitative estimate of drug-likeness (QED) is 0.834. The molecule has 2 saturated heterocycles. The van der Waals surface area contributed by atoms with Crippen LogP contribution in [0.4, 0.5) is 4.79 Å². The van der Waals surface area contributed by atoms with Crippen LogP contribution in [0.5, 0.6) is 0 Å². The fourth-order valence-corrected chi connectivity index (χ4v) is 3.76. The summed E-state index contributed by atoms with van der Waals surface area (Å²) >= 11 is 0. The second kappa shape index (κ2) is 6.16. The molecule has 0 bridgehead atoms. The lowest BCUT2D eigenvalue weighted by molar-refractivity contribution is -0.0696. The van der Waals surface area contributed by atoms with Gasteiger partial charge in [0.2, 0.25) is 0 Å². The Morgan fingerprint density at radius 1 is 1.22 bits per heavy atom. The van der Waals surface area contributed by atoms with Crippen molar-refractivity contribution in [3.05, 3.63) is 35.9 Å². The highest BCUT2D eigenvalue weighted by Gasteiger charge is 2.45. The number of ether oxygens (including phenoxy) is 1. The molecule has 23 heavy (non-hydrogen) atoms. The Bertz CT molecular complexity index is 552. The second-order valence-electron chi connectivity index (χ2n) is 7.83. The van der Waals surface area contributed by atoms with Crippen LogP contribution < -0.4 is 0 Å². The fraction of sp³-hybridized carbons (Fsp3) is 0.632. The third kappa shape index (κ3) is 3.52. The Labute approximate surface area is 139 Å². The molecule has 0 saturated carbocycles. The Hall–Kier alpha value is -1.55. The summed E-state index contributed by atoms with van der Waals surface area (Å²) < 4.78 is 5.50. The first-order chi connectivity index (χ1) is 10.8. The van der Waals surface area contributed by atoms with Crippen LogP contribution in [-0.2, 0) is 4.74 Å². The van der Waals surface area contributed by atoms with Crippen LogP contribution in [0.2, 0.25) is 0 Å². The minimum Gasteiger partial charge on any atom is -0.444 e. The smallest absolute Gasteiger partial charge is 0.410 e. The zero-order valence-corrected chi connectivity index (χ0v) is 14.7. The molecule has 2 aliphatic heterocycles. The van der Waals surface area contributed by atoms with E-state index < -0.39 is 5.60 Å². The Balaban J connectivity index is 1.56. The lowest BCUT2D eigenvalue weighted by atomic mass is 9.80. The van der Waals surface area contributed by atoms with Crippen molar-refractivity contribution in [2.75, 3.05) is 19.6 Å². The Morgan fingerprint density at radius 3 is 2.52 bits per heavy atom. The Morgan fingerprint density at radius 2 is 1.91 bits per heavy atom. The summed E-state index contributed by atoms with van der Waals surface area (Å²) in [5.74, 6) is 0.586. The molecule has 2 fully saturated rings. The van der Waals surface area contributed by atoms with Crippen LogP contribution in [0.25, 0.3) is 0 Å². The van der Waals surface area contributed by atoms with Crippen molar-refractivity contribution in [3.63, 3.8) is 0 Å². The van der Waals surface area contributed by atoms with Crippen molar-refractivity contribution in [1.82, 2.24) is 9.80 Å². The van der Waals surface area contributed by atoms with Gasteiger partial charge in [0, 0.05) is 37.6 Å². The summed E-state index contributed by atoms with van der Waals surface area (Å²) in [6.45, 7) is 10.7. The van der Waals surface area contributed by atoms with Gasteiger partial charge in [0.05, 0.1) is 0 Å². The molecule has 0 spiro atoms. The molecule has 1 aromatic carbocycles. The number of hydrogen-bond donors (Lipinski definition) is 0. The first kappa shape index (κ1) is 16.3. The molecule has 4 heteroatoms. The molecule has 0 unspecified atom stereocenters. The van der Waals surface area contributed by atoms with Crippen molar-refractivity contribution in [1.29, 1.82) is 0 Å². The molecule has 1 aromatic rings. The molecule has 2 aliphatic rings. The average Bonchev–Trinajstić information content (AvgIpc) is 2.47. The van der Waals surface area contributed by atoms with Gasteiger partial charge in [-0.3, -0.25) is 4.90 Å². The van der Waals surface area contributed by atoms with Gasteiger partial charge in [0.15, 0.2) is 0 Å². The molecule has 0 aliphatic carbocycles. The third-order valence-electron chi connectivity index (χ3n) is 5.00. The molecule has 3 rings (SSSR count). The van der Waals surface area contributed by atoms with Gasteiger partial charge in [-0.1, -0.05) is 30.3 Å². The van der Waals surface area contributed by atoms with E-state index in [1.807, 2.05) is 25.7 Å². The maximum atomic E-state index is 12.2. The fourth-order valence-electron chi connectivity index (χ4n) is 3.76. The maximum Gasteiger partial charge on any atom is 0.410 e. The van der Waals surface area contributed by atoms with E-state index in [0.29, 0.717) is 18.0 Å². The van der Waals surface area contributed by atoms with Gasteiger partial charge >= 0.3 is 6.09 Å². The number of carbonyl (C=O) groups excluding carboxylic acids is 1. The zero-order valence-electron chi connectivity index (χ0n) is 14.7. The predicted octanol–water partition coefficient (Wildman–Crippen LogP) is 3.69. The van der Waals surface area contributed by atoms with E-state index in [0.717, 1.165) is 26.1 Å². The molecule has 2 heterocycles. The van der Waals surface area contributed by atoms with Gasteiger partial charge in [0.1, 0.15) is 5.60 Å². The lowest BCUT2D eigenvalue weighted by Gasteiger charge is -2.55. The van der Waals surface area contributed by atoms with Crippen LogP contribution in [0.1, 0.15) is 45.7 Å². The number of benzene rings is 1. The number of rotatable bonds is 2. The highest BCUT2D eigenvalue weighted by Crippen LogP contribution is 2.38. The second-order valence-corrected chi connectivity index (χ2v) is 7.83. The number of hydrogen-bond acceptors (Lipinski definition) is 3. The van der Waals surface area contributed by atoms with Gasteiger partial charge in [-0.15, -0.1) is 0 Å². The monoisotopic (exact) mass is 316 g/mol. The molecule has 1 amide bonds. The van der Waals surface area contributed by atoms with E-state index in [4.69, 9.17) is 4.74 Å². The van der Waals surface area contributed by atoms with Crippen LogP contribution in [0.15, 0.2) is 30.3 Å². The number of piperidine rings is 1. The van der Waals surface area contributed by atoms with E-state index in [-0.39, 0.29) is 6.09 Å². The third-order valence-corrected chi connectivity index (χ3v) is 5.00. The van der Waals surface area contributed by atoms with Crippen molar-refractivity contribution in [2.45, 2.75) is 51.8 Å². The normalized spacial score (nSPS) is 26.2. The van der Waals surface area contributed by atoms with Gasteiger partial charge in [-0.2, -0.15) is 0 Å². The summed E-state index contributed by atoms with van der Waals surface area (Å²) in [5.41, 5.74) is 0.960. The minimum absolute atomic E-state index is 0.162. The highest BCUT2D eigenvalue weighted by molar-refractivity contribution is 5.68. The molecule has 0 aromatic heterocycles. The van der Waals surface area contributed by atoms with Crippen molar-refractivity contribution >= 4 is 6.09 Å². The lowest BCUT2D eigenvalue weighted by Crippen LogP contribution is -2.64. The summed E-state index contributed by atoms with van der Waals surface area (Å²) in [6.07, 6.45) is 0.881. The van der Waals surface area contributed by atoms with Gasteiger partial charge < -0.3 is 9.64 Å². The highest BCUT2D eigenvalue weighted by atomic mass is 16.6. The van der Waals surface area contributed by atoms with Gasteiger partial charge in [-0.25, -0.2) is 4.79 Å². The van der Waals surface area contributed by atoms with Gasteiger partial charge in [-0.05, 0) is 39.7 Å². The molecule has 4 nitrogen and oxygen atoms in total. The summed E-state index contributed by atoms with van der Waals surface area (Å²) in [7, 11) is 0. The first-order valence-electron chi connectivity index (χ1n) is 8.64. The topological polar surface area (TPSA) is 32.8 Å². The standard InChI is InChI=1S/C19H28N2O2/c1-14(15-8-6-5-7-9-15)21-13-16-12-20(11-10-17(16)21)18(22)23-19(2,3)4/h5-9,14,16-17H,10-13H2,1-4H3/t14-,16+,17-/m1/s1.